The molecule has 0 atom stereocenters. The van der Waals surface area contributed by atoms with Gasteiger partial charge in [0.15, 0.2) is 5.78 Å². The predicted molar refractivity (Wildman–Crippen MR) is 107 cm³/mol. The monoisotopic (exact) mass is 381 g/mol. The number of hydrogen-bond acceptors (Lipinski definition) is 5. The maximum Gasteiger partial charge on any atom is 1.00 e. The summed E-state index contributed by atoms with van der Waals surface area (Å²) in [5.41, 5.74) is 0.524. The van der Waals surface area contributed by atoms with Gasteiger partial charge in [-0.3, -0.25) is 9.69 Å². The molecule has 1 aliphatic rings. The molecule has 0 aliphatic carbocycles. The fourth-order valence-electron chi connectivity index (χ4n) is 2.65. The molecule has 0 aromatic heterocycles. The summed E-state index contributed by atoms with van der Waals surface area (Å²) in [6.45, 7) is 13.2. The van der Waals surface area contributed by atoms with Gasteiger partial charge in [0.1, 0.15) is 12.4 Å². The van der Waals surface area contributed by atoms with Gasteiger partial charge in [0.25, 0.3) is 0 Å². The van der Waals surface area contributed by atoms with Crippen LogP contribution in [-0.2, 0) is 4.74 Å². The zero-order valence-corrected chi connectivity index (χ0v) is 18.0. The van der Waals surface area contributed by atoms with Crippen molar-refractivity contribution in [1.82, 2.24) is 4.90 Å². The van der Waals surface area contributed by atoms with Crippen molar-refractivity contribution in [3.05, 3.63) is 35.1 Å². The Bertz CT molecular complexity index is 591. The molecule has 1 aromatic rings. The molecule has 0 N–H and O–H groups in total. The van der Waals surface area contributed by atoms with Crippen LogP contribution >= 0.6 is 0 Å². The molecular formula is C21H32LiN3O3. The fourth-order valence-corrected chi connectivity index (χ4v) is 2.65. The molecule has 1 heterocycles. The van der Waals surface area contributed by atoms with Crippen molar-refractivity contribution in [2.24, 2.45) is 0 Å². The molecule has 0 amide bonds. The molecule has 0 spiro atoms. The SMILES string of the molecule is CC(C)[N-]C(C)C.N#CCC(=O)c1cccc(OCCN2CCOCC2)c1.[Li+]. The molecule has 1 aromatic carbocycles. The predicted octanol–water partition coefficient (Wildman–Crippen LogP) is 0.675. The fraction of sp³-hybridized carbons (Fsp3) is 0.619. The Morgan fingerprint density at radius 1 is 1.25 bits per heavy atom. The first kappa shape index (κ1) is 26.7. The van der Waals surface area contributed by atoms with Gasteiger partial charge >= 0.3 is 18.9 Å². The minimum atomic E-state index is -0.175. The summed E-state index contributed by atoms with van der Waals surface area (Å²) in [7, 11) is 0. The smallest absolute Gasteiger partial charge is 0.658 e. The van der Waals surface area contributed by atoms with Crippen molar-refractivity contribution in [3.63, 3.8) is 0 Å². The third-order valence-electron chi connectivity index (χ3n) is 3.77. The van der Waals surface area contributed by atoms with Crippen molar-refractivity contribution in [2.75, 3.05) is 39.5 Å². The molecule has 0 radical (unpaired) electrons. The Kier molecular flexibility index (Phi) is 14.8. The largest absolute Gasteiger partial charge is 1.00 e. The van der Waals surface area contributed by atoms with Crippen LogP contribution in [0.3, 0.4) is 0 Å². The zero-order valence-electron chi connectivity index (χ0n) is 18.0. The van der Waals surface area contributed by atoms with Gasteiger partial charge in [0, 0.05) is 25.2 Å². The molecule has 1 aliphatic heterocycles. The standard InChI is InChI=1S/C15H18N2O3.C6H14N.Li/c16-5-4-15(18)13-2-1-3-14(12-13)20-11-8-17-6-9-19-10-7-17;1-5(2)7-6(3)4;/h1-3,12H,4,6-11H2;5-6H,1-4H3;/q;-1;+1. The number of nitriles is 1. The van der Waals surface area contributed by atoms with Gasteiger partial charge in [-0.15, -0.1) is 12.1 Å². The number of rotatable bonds is 8. The molecule has 2 rings (SSSR count). The quantitative estimate of drug-likeness (QED) is 0.489. The number of hydrogen-bond donors (Lipinski definition) is 0. The molecule has 150 valence electrons. The van der Waals surface area contributed by atoms with Gasteiger partial charge in [-0.05, 0) is 12.1 Å². The molecule has 0 saturated carbocycles. The molecule has 28 heavy (non-hydrogen) atoms. The average Bonchev–Trinajstić information content (AvgIpc) is 2.62. The van der Waals surface area contributed by atoms with E-state index in [0.29, 0.717) is 30.0 Å². The van der Waals surface area contributed by atoms with Crippen molar-refractivity contribution < 1.29 is 33.1 Å². The van der Waals surface area contributed by atoms with Crippen LogP contribution in [0.2, 0.25) is 0 Å². The van der Waals surface area contributed by atoms with E-state index in [0.717, 1.165) is 32.8 Å². The number of carbonyl (C=O) groups is 1. The van der Waals surface area contributed by atoms with Crippen LogP contribution in [0.5, 0.6) is 5.75 Å². The van der Waals surface area contributed by atoms with Gasteiger partial charge < -0.3 is 14.8 Å². The topological polar surface area (TPSA) is 76.7 Å². The first-order valence-electron chi connectivity index (χ1n) is 9.55. The summed E-state index contributed by atoms with van der Waals surface area (Å²) >= 11 is 0. The molecule has 7 heteroatoms. The third-order valence-corrected chi connectivity index (χ3v) is 3.77. The normalized spacial score (nSPS) is 13.9. The number of nitrogens with zero attached hydrogens (tertiary/aromatic N) is 3. The molecule has 1 saturated heterocycles. The second kappa shape index (κ2) is 15.6. The minimum absolute atomic E-state index is 0. The molecule has 0 unspecified atom stereocenters. The summed E-state index contributed by atoms with van der Waals surface area (Å²) < 4.78 is 10.9. The van der Waals surface area contributed by atoms with Gasteiger partial charge in [-0.2, -0.15) is 5.26 Å². The molecule has 0 bridgehead atoms. The summed E-state index contributed by atoms with van der Waals surface area (Å²) in [5, 5.41) is 12.8. The van der Waals surface area contributed by atoms with Gasteiger partial charge in [-0.1, -0.05) is 39.8 Å². The average molecular weight is 381 g/mol. The van der Waals surface area contributed by atoms with Gasteiger partial charge in [-0.25, -0.2) is 0 Å². The number of carbonyl (C=O) groups excluding carboxylic acids is 1. The number of benzene rings is 1. The third kappa shape index (κ3) is 12.2. The first-order chi connectivity index (χ1) is 12.9. The van der Waals surface area contributed by atoms with E-state index in [2.05, 4.69) is 37.9 Å². The number of morpholine rings is 1. The maximum absolute atomic E-state index is 11.6. The van der Waals surface area contributed by atoms with E-state index < -0.39 is 0 Å². The van der Waals surface area contributed by atoms with E-state index in [9.17, 15) is 4.79 Å². The van der Waals surface area contributed by atoms with Crippen LogP contribution in [0.4, 0.5) is 0 Å². The molecule has 1 fully saturated rings. The van der Waals surface area contributed by atoms with Crippen LogP contribution in [0, 0.1) is 11.3 Å². The van der Waals surface area contributed by atoms with E-state index in [-0.39, 0.29) is 31.1 Å². The van der Waals surface area contributed by atoms with Gasteiger partial charge in [0.2, 0.25) is 0 Å². The van der Waals surface area contributed by atoms with Crippen molar-refractivity contribution in [1.29, 1.82) is 5.26 Å². The Labute approximate surface area is 181 Å². The van der Waals surface area contributed by atoms with E-state index in [1.807, 2.05) is 12.1 Å². The van der Waals surface area contributed by atoms with Crippen LogP contribution in [0.15, 0.2) is 24.3 Å². The Balaban J connectivity index is 0.000000786. The maximum atomic E-state index is 11.6. The molecule has 6 nitrogen and oxygen atoms in total. The minimum Gasteiger partial charge on any atom is -0.658 e. The van der Waals surface area contributed by atoms with Crippen molar-refractivity contribution in [2.45, 2.75) is 46.2 Å². The van der Waals surface area contributed by atoms with Crippen LogP contribution < -0.4 is 23.6 Å². The summed E-state index contributed by atoms with van der Waals surface area (Å²) in [6, 6.07) is 9.85. The summed E-state index contributed by atoms with van der Waals surface area (Å²) in [5.74, 6) is 0.494. The van der Waals surface area contributed by atoms with Crippen molar-refractivity contribution >= 4 is 5.78 Å². The summed E-state index contributed by atoms with van der Waals surface area (Å²) in [4.78, 5) is 13.9. The zero-order chi connectivity index (χ0) is 20.1. The second-order valence-electron chi connectivity index (χ2n) is 6.92. The molecular weight excluding hydrogens is 349 g/mol. The Morgan fingerprint density at radius 2 is 1.89 bits per heavy atom. The second-order valence-corrected chi connectivity index (χ2v) is 6.92. The Hall–Kier alpha value is -1.34. The number of ether oxygens (including phenoxy) is 2. The van der Waals surface area contributed by atoms with Crippen LogP contribution in [-0.4, -0.2) is 62.2 Å². The van der Waals surface area contributed by atoms with E-state index >= 15 is 0 Å². The van der Waals surface area contributed by atoms with Crippen molar-refractivity contribution in [3.8, 4) is 11.8 Å². The summed E-state index contributed by atoms with van der Waals surface area (Å²) in [6.07, 6.45) is -0.1000. The van der Waals surface area contributed by atoms with E-state index in [1.165, 1.54) is 0 Å². The van der Waals surface area contributed by atoms with E-state index in [4.69, 9.17) is 14.7 Å². The van der Waals surface area contributed by atoms with Gasteiger partial charge in [0.05, 0.1) is 25.7 Å². The number of ketones is 1. The van der Waals surface area contributed by atoms with E-state index in [1.54, 1.807) is 18.2 Å². The number of Topliss-reactive ketones (excluding diaryl/α,β-unsaturated/α-hetero) is 1. The van der Waals surface area contributed by atoms with Crippen LogP contribution in [0.25, 0.3) is 5.32 Å². The first-order valence-corrected chi connectivity index (χ1v) is 9.55. The Morgan fingerprint density at radius 3 is 2.43 bits per heavy atom. The van der Waals surface area contributed by atoms with Crippen LogP contribution in [0.1, 0.15) is 44.5 Å².